The molecule has 0 bridgehead atoms. The van der Waals surface area contributed by atoms with Gasteiger partial charge in [0.25, 0.3) is 0 Å². The Balaban J connectivity index is 2.24. The maximum Gasteiger partial charge on any atom is 0.337 e. The van der Waals surface area contributed by atoms with Crippen LogP contribution < -0.4 is 0 Å². The number of methoxy groups -OCH3 is 1. The molecule has 0 radical (unpaired) electrons. The molecular formula is C24H32N2O4. The predicted molar refractivity (Wildman–Crippen MR) is 118 cm³/mol. The first kappa shape index (κ1) is 21.9. The first-order valence-electron chi connectivity index (χ1n) is 10.7. The van der Waals surface area contributed by atoms with Crippen molar-refractivity contribution in [3.05, 3.63) is 41.3 Å². The second-order valence-corrected chi connectivity index (χ2v) is 7.99. The minimum Gasteiger partial charge on any atom is -0.501 e. The lowest BCUT2D eigenvalue weighted by Gasteiger charge is -2.23. The molecule has 1 fully saturated rings. The van der Waals surface area contributed by atoms with Crippen LogP contribution >= 0.6 is 0 Å². The van der Waals surface area contributed by atoms with E-state index in [0.29, 0.717) is 18.1 Å². The van der Waals surface area contributed by atoms with Crippen LogP contribution in [-0.4, -0.2) is 49.2 Å². The maximum absolute atomic E-state index is 12.7. The standard InChI is InChI=1S/C24H32N2O4/c1-5-30-14-13-20-23(17-9-7-6-8-10-17)19-12-11-18(24(28)29-4)15-21(19)26(20)16-22(27)25(2)3/h11-15,17H,5-10,16H2,1-4H3. The fourth-order valence-electron chi connectivity index (χ4n) is 4.30. The number of ether oxygens (including phenoxy) is 2. The molecule has 0 N–H and O–H groups in total. The van der Waals surface area contributed by atoms with E-state index in [2.05, 4.69) is 0 Å². The number of benzene rings is 1. The summed E-state index contributed by atoms with van der Waals surface area (Å²) >= 11 is 0. The predicted octanol–water partition coefficient (Wildman–Crippen LogP) is 4.57. The van der Waals surface area contributed by atoms with Crippen molar-refractivity contribution in [3.8, 4) is 0 Å². The summed E-state index contributed by atoms with van der Waals surface area (Å²) in [4.78, 5) is 26.4. The van der Waals surface area contributed by atoms with Crippen molar-refractivity contribution in [2.24, 2.45) is 0 Å². The number of nitrogens with zero attached hydrogens (tertiary/aromatic N) is 2. The largest absolute Gasteiger partial charge is 0.501 e. The summed E-state index contributed by atoms with van der Waals surface area (Å²) in [5.41, 5.74) is 3.60. The number of esters is 1. The highest BCUT2D eigenvalue weighted by Gasteiger charge is 2.26. The van der Waals surface area contributed by atoms with E-state index >= 15 is 0 Å². The van der Waals surface area contributed by atoms with E-state index in [1.165, 1.54) is 31.9 Å². The lowest BCUT2D eigenvalue weighted by Crippen LogP contribution is -2.26. The van der Waals surface area contributed by atoms with E-state index in [4.69, 9.17) is 9.47 Å². The minimum atomic E-state index is -0.380. The van der Waals surface area contributed by atoms with Gasteiger partial charge in [0.2, 0.25) is 5.91 Å². The molecule has 1 aromatic carbocycles. The zero-order valence-corrected chi connectivity index (χ0v) is 18.4. The highest BCUT2D eigenvalue weighted by atomic mass is 16.5. The molecule has 1 amide bonds. The van der Waals surface area contributed by atoms with Gasteiger partial charge in [0.05, 0.1) is 31.1 Å². The molecule has 162 valence electrons. The number of fused-ring (bicyclic) bond motifs is 1. The molecule has 3 rings (SSSR count). The van der Waals surface area contributed by atoms with Crippen molar-refractivity contribution in [1.29, 1.82) is 0 Å². The summed E-state index contributed by atoms with van der Waals surface area (Å²) in [6, 6.07) is 5.66. The number of hydrogen-bond donors (Lipinski definition) is 0. The van der Waals surface area contributed by atoms with Gasteiger partial charge in [0, 0.05) is 25.2 Å². The number of likely N-dealkylation sites (N-methyl/N-ethyl adjacent to an activating group) is 1. The molecule has 1 aliphatic carbocycles. The molecule has 1 saturated carbocycles. The molecule has 2 aromatic rings. The van der Waals surface area contributed by atoms with Gasteiger partial charge in [-0.15, -0.1) is 0 Å². The van der Waals surface area contributed by atoms with Crippen LogP contribution in [0.2, 0.25) is 0 Å². The first-order valence-corrected chi connectivity index (χ1v) is 10.7. The quantitative estimate of drug-likeness (QED) is 0.494. The highest BCUT2D eigenvalue weighted by Crippen LogP contribution is 2.41. The summed E-state index contributed by atoms with van der Waals surface area (Å²) in [7, 11) is 4.89. The van der Waals surface area contributed by atoms with E-state index < -0.39 is 0 Å². The van der Waals surface area contributed by atoms with Crippen molar-refractivity contribution in [3.63, 3.8) is 0 Å². The number of amides is 1. The molecule has 1 aromatic heterocycles. The molecule has 0 unspecified atom stereocenters. The molecule has 0 spiro atoms. The van der Waals surface area contributed by atoms with Gasteiger partial charge >= 0.3 is 5.97 Å². The third-order valence-corrected chi connectivity index (χ3v) is 5.86. The molecule has 1 heterocycles. The number of carbonyl (C=O) groups excluding carboxylic acids is 2. The molecule has 1 aliphatic rings. The van der Waals surface area contributed by atoms with Gasteiger partial charge in [0.15, 0.2) is 0 Å². The summed E-state index contributed by atoms with van der Waals surface area (Å²) in [6.45, 7) is 2.73. The average Bonchev–Trinajstić information content (AvgIpc) is 3.06. The zero-order chi connectivity index (χ0) is 21.7. The van der Waals surface area contributed by atoms with Crippen LogP contribution in [-0.2, 0) is 20.8 Å². The molecule has 6 heteroatoms. The number of rotatable bonds is 7. The van der Waals surface area contributed by atoms with Crippen LogP contribution in [0.15, 0.2) is 24.5 Å². The van der Waals surface area contributed by atoms with Gasteiger partial charge in [0.1, 0.15) is 6.54 Å². The van der Waals surface area contributed by atoms with E-state index in [9.17, 15) is 9.59 Å². The summed E-state index contributed by atoms with van der Waals surface area (Å²) in [5.74, 6) is 0.0491. The summed E-state index contributed by atoms with van der Waals surface area (Å²) in [5, 5.41) is 1.09. The summed E-state index contributed by atoms with van der Waals surface area (Å²) < 4.78 is 12.4. The Kier molecular flexibility index (Phi) is 7.19. The molecule has 30 heavy (non-hydrogen) atoms. The van der Waals surface area contributed by atoms with Crippen molar-refractivity contribution in [1.82, 2.24) is 9.47 Å². The molecule has 0 aliphatic heterocycles. The average molecular weight is 413 g/mol. The Bertz CT molecular complexity index is 936. The Hall–Kier alpha value is -2.76. The second-order valence-electron chi connectivity index (χ2n) is 7.99. The fraction of sp³-hybridized carbons (Fsp3) is 0.500. The van der Waals surface area contributed by atoms with E-state index in [0.717, 1.165) is 29.4 Å². The van der Waals surface area contributed by atoms with Crippen LogP contribution in [0.4, 0.5) is 0 Å². The van der Waals surface area contributed by atoms with Gasteiger partial charge in [-0.1, -0.05) is 25.3 Å². The van der Waals surface area contributed by atoms with Crippen LogP contribution in [0.1, 0.15) is 66.6 Å². The maximum atomic E-state index is 12.7. The monoisotopic (exact) mass is 412 g/mol. The van der Waals surface area contributed by atoms with Crippen LogP contribution in [0.25, 0.3) is 17.0 Å². The van der Waals surface area contributed by atoms with Gasteiger partial charge in [-0.2, -0.15) is 0 Å². The van der Waals surface area contributed by atoms with Crippen molar-refractivity contribution in [2.45, 2.75) is 51.5 Å². The Morgan fingerprint density at radius 1 is 1.20 bits per heavy atom. The molecule has 6 nitrogen and oxygen atoms in total. The zero-order valence-electron chi connectivity index (χ0n) is 18.4. The molecule has 0 saturated heterocycles. The smallest absolute Gasteiger partial charge is 0.337 e. The van der Waals surface area contributed by atoms with Crippen LogP contribution in [0, 0.1) is 0 Å². The number of hydrogen-bond acceptors (Lipinski definition) is 4. The lowest BCUT2D eigenvalue weighted by atomic mass is 9.82. The van der Waals surface area contributed by atoms with E-state index in [-0.39, 0.29) is 18.4 Å². The van der Waals surface area contributed by atoms with Gasteiger partial charge in [-0.05, 0) is 49.5 Å². The summed E-state index contributed by atoms with van der Waals surface area (Å²) in [6.07, 6.45) is 9.63. The van der Waals surface area contributed by atoms with Crippen molar-refractivity contribution in [2.75, 3.05) is 27.8 Å². The Morgan fingerprint density at radius 2 is 1.93 bits per heavy atom. The SMILES string of the molecule is CCOC=Cc1c(C2CCCCC2)c2ccc(C(=O)OC)cc2n1CC(=O)N(C)C. The highest BCUT2D eigenvalue weighted by molar-refractivity contribution is 5.97. The Morgan fingerprint density at radius 3 is 2.57 bits per heavy atom. The third kappa shape index (κ3) is 4.53. The van der Waals surface area contributed by atoms with Crippen LogP contribution in [0.3, 0.4) is 0 Å². The van der Waals surface area contributed by atoms with Crippen LogP contribution in [0.5, 0.6) is 0 Å². The number of aromatic nitrogens is 1. The molecular weight excluding hydrogens is 380 g/mol. The van der Waals surface area contributed by atoms with E-state index in [1.807, 2.05) is 35.8 Å². The van der Waals surface area contributed by atoms with Gasteiger partial charge in [-0.3, -0.25) is 4.79 Å². The molecule has 0 atom stereocenters. The van der Waals surface area contributed by atoms with Crippen molar-refractivity contribution < 1.29 is 19.1 Å². The van der Waals surface area contributed by atoms with E-state index in [1.54, 1.807) is 25.3 Å². The first-order chi connectivity index (χ1) is 14.5. The normalized spacial score (nSPS) is 14.9. The third-order valence-electron chi connectivity index (χ3n) is 5.86. The van der Waals surface area contributed by atoms with Gasteiger partial charge < -0.3 is 18.9 Å². The fourth-order valence-corrected chi connectivity index (χ4v) is 4.30. The topological polar surface area (TPSA) is 60.8 Å². The minimum absolute atomic E-state index is 0.00312. The number of carbonyl (C=O) groups is 2. The van der Waals surface area contributed by atoms with Gasteiger partial charge in [-0.25, -0.2) is 4.79 Å². The second kappa shape index (κ2) is 9.83. The Labute approximate surface area is 178 Å². The lowest BCUT2D eigenvalue weighted by molar-refractivity contribution is -0.129. The van der Waals surface area contributed by atoms with Crippen molar-refractivity contribution >= 4 is 28.9 Å².